The first kappa shape index (κ1) is 14.1. The van der Waals surface area contributed by atoms with Gasteiger partial charge >= 0.3 is 0 Å². The number of aliphatic hydroxyl groups is 4. The van der Waals surface area contributed by atoms with Crippen molar-refractivity contribution in [1.29, 1.82) is 0 Å². The number of ether oxygens (including phenoxy) is 2. The second-order valence-electron chi connectivity index (χ2n) is 5.01. The van der Waals surface area contributed by atoms with E-state index < -0.39 is 30.7 Å². The lowest BCUT2D eigenvalue weighted by Gasteiger charge is -2.32. The minimum absolute atomic E-state index is 0.215. The van der Waals surface area contributed by atoms with Crippen LogP contribution in [0.15, 0.2) is 0 Å². The van der Waals surface area contributed by atoms with Crippen molar-refractivity contribution in [2.45, 2.75) is 62.1 Å². The normalized spacial score (nSPS) is 49.5. The number of hydrogen-bond donors (Lipinski definition) is 5. The third-order valence-electron chi connectivity index (χ3n) is 3.64. The maximum Gasteiger partial charge on any atom is 0.186 e. The van der Waals surface area contributed by atoms with Gasteiger partial charge in [-0.05, 0) is 19.3 Å². The van der Waals surface area contributed by atoms with Gasteiger partial charge in [-0.15, -0.1) is 0 Å². The molecule has 7 heteroatoms. The van der Waals surface area contributed by atoms with Crippen LogP contribution < -0.4 is 5.73 Å². The van der Waals surface area contributed by atoms with E-state index in [4.69, 9.17) is 20.3 Å². The third-order valence-corrected chi connectivity index (χ3v) is 3.64. The summed E-state index contributed by atoms with van der Waals surface area (Å²) >= 11 is 0. The van der Waals surface area contributed by atoms with Gasteiger partial charge in [-0.3, -0.25) is 0 Å². The highest BCUT2D eigenvalue weighted by Gasteiger charge is 2.44. The molecule has 2 fully saturated rings. The van der Waals surface area contributed by atoms with Crippen LogP contribution in [0.2, 0.25) is 0 Å². The van der Waals surface area contributed by atoms with Gasteiger partial charge in [0.25, 0.3) is 0 Å². The van der Waals surface area contributed by atoms with E-state index in [2.05, 4.69) is 0 Å². The molecule has 1 heterocycles. The fraction of sp³-hybridized carbons (Fsp3) is 1.00. The minimum Gasteiger partial charge on any atom is -0.394 e. The summed E-state index contributed by atoms with van der Waals surface area (Å²) in [6, 6.07) is -0.346. The van der Waals surface area contributed by atoms with Gasteiger partial charge in [0.1, 0.15) is 18.3 Å². The van der Waals surface area contributed by atoms with Gasteiger partial charge in [0, 0.05) is 6.04 Å². The molecule has 0 spiro atoms. The Balaban J connectivity index is 1.87. The molecule has 0 bridgehead atoms. The fourth-order valence-electron chi connectivity index (χ4n) is 2.44. The summed E-state index contributed by atoms with van der Waals surface area (Å²) in [5.74, 6) is 0. The molecule has 0 aromatic carbocycles. The van der Waals surface area contributed by atoms with Gasteiger partial charge in [0.05, 0.1) is 18.8 Å². The van der Waals surface area contributed by atoms with Crippen molar-refractivity contribution in [3.05, 3.63) is 0 Å². The highest BCUT2D eigenvalue weighted by Crippen LogP contribution is 2.27. The van der Waals surface area contributed by atoms with Crippen LogP contribution in [0.1, 0.15) is 19.3 Å². The Morgan fingerprint density at radius 3 is 2.44 bits per heavy atom. The van der Waals surface area contributed by atoms with Gasteiger partial charge in [-0.25, -0.2) is 0 Å². The zero-order valence-corrected chi connectivity index (χ0v) is 10.1. The van der Waals surface area contributed by atoms with Crippen molar-refractivity contribution in [2.75, 3.05) is 6.61 Å². The van der Waals surface area contributed by atoms with Gasteiger partial charge in [-0.1, -0.05) is 0 Å². The lowest BCUT2D eigenvalue weighted by Crippen LogP contribution is -2.45. The van der Waals surface area contributed by atoms with Gasteiger partial charge in [0.15, 0.2) is 6.29 Å². The average Bonchev–Trinajstić information content (AvgIpc) is 2.62. The lowest BCUT2D eigenvalue weighted by molar-refractivity contribution is -0.202. The van der Waals surface area contributed by atoms with E-state index in [9.17, 15) is 15.3 Å². The Kier molecular flexibility index (Phi) is 4.54. The maximum absolute atomic E-state index is 9.72. The molecule has 106 valence electrons. The Morgan fingerprint density at radius 2 is 1.89 bits per heavy atom. The fourth-order valence-corrected chi connectivity index (χ4v) is 2.44. The van der Waals surface area contributed by atoms with Gasteiger partial charge in [0.2, 0.25) is 0 Å². The molecule has 2 aliphatic rings. The van der Waals surface area contributed by atoms with Crippen LogP contribution in [0, 0.1) is 0 Å². The van der Waals surface area contributed by atoms with E-state index in [1.54, 1.807) is 0 Å². The topological polar surface area (TPSA) is 125 Å². The Hall–Kier alpha value is -0.280. The third kappa shape index (κ3) is 2.83. The van der Waals surface area contributed by atoms with Crippen molar-refractivity contribution in [3.63, 3.8) is 0 Å². The molecule has 1 aliphatic heterocycles. The molecule has 0 amide bonds. The summed E-state index contributed by atoms with van der Waals surface area (Å²) in [4.78, 5) is 0. The molecule has 0 aromatic heterocycles. The summed E-state index contributed by atoms with van der Waals surface area (Å²) in [6.07, 6.45) is -3.19. The van der Waals surface area contributed by atoms with Crippen molar-refractivity contribution >= 4 is 0 Å². The predicted molar refractivity (Wildman–Crippen MR) is 60.5 cm³/mol. The molecule has 7 nitrogen and oxygen atoms in total. The van der Waals surface area contributed by atoms with Crippen LogP contribution in [0.25, 0.3) is 0 Å². The van der Waals surface area contributed by atoms with Crippen molar-refractivity contribution in [3.8, 4) is 0 Å². The molecule has 18 heavy (non-hydrogen) atoms. The largest absolute Gasteiger partial charge is 0.394 e. The summed E-state index contributed by atoms with van der Waals surface area (Å²) in [6.45, 7) is -0.374. The number of nitrogens with two attached hydrogens (primary N) is 1. The standard InChI is InChI=1S/C11H21NO6/c12-6-3-5(1-2-7(6)14)17-11-10(16)9(15)8(4-13)18-11/h5-11,13-16H,1-4,12H2/t5-,6+,7+,8+,9+,10-,11-/m0/s1. The monoisotopic (exact) mass is 263 g/mol. The van der Waals surface area contributed by atoms with Crippen LogP contribution >= 0.6 is 0 Å². The van der Waals surface area contributed by atoms with E-state index in [1.165, 1.54) is 0 Å². The number of aliphatic hydroxyl groups excluding tert-OH is 4. The minimum atomic E-state index is -1.18. The van der Waals surface area contributed by atoms with Crippen LogP contribution in [-0.4, -0.2) is 69.9 Å². The quantitative estimate of drug-likeness (QED) is 0.387. The maximum atomic E-state index is 9.72. The van der Waals surface area contributed by atoms with Gasteiger partial charge < -0.3 is 35.6 Å². The van der Waals surface area contributed by atoms with Crippen molar-refractivity contribution in [1.82, 2.24) is 0 Å². The van der Waals surface area contributed by atoms with E-state index in [1.807, 2.05) is 0 Å². The molecule has 1 saturated carbocycles. The summed E-state index contributed by atoms with van der Waals surface area (Å²) in [5.41, 5.74) is 5.74. The van der Waals surface area contributed by atoms with E-state index in [-0.39, 0.29) is 18.8 Å². The van der Waals surface area contributed by atoms with Gasteiger partial charge in [-0.2, -0.15) is 0 Å². The molecule has 1 saturated heterocycles. The first-order chi connectivity index (χ1) is 8.52. The Labute approximate surface area is 105 Å². The van der Waals surface area contributed by atoms with Crippen LogP contribution in [0.3, 0.4) is 0 Å². The molecular weight excluding hydrogens is 242 g/mol. The predicted octanol–water partition coefficient (Wildman–Crippen LogP) is -2.32. The number of rotatable bonds is 3. The molecule has 2 rings (SSSR count). The summed E-state index contributed by atoms with van der Waals surface area (Å²) in [5, 5.41) is 37.7. The highest BCUT2D eigenvalue weighted by molar-refractivity contribution is 4.88. The second kappa shape index (κ2) is 5.79. The summed E-state index contributed by atoms with van der Waals surface area (Å²) in [7, 11) is 0. The first-order valence-electron chi connectivity index (χ1n) is 6.24. The average molecular weight is 263 g/mol. The first-order valence-corrected chi connectivity index (χ1v) is 6.24. The van der Waals surface area contributed by atoms with E-state index in [0.717, 1.165) is 0 Å². The van der Waals surface area contributed by atoms with Crippen molar-refractivity contribution < 1.29 is 29.9 Å². The van der Waals surface area contributed by atoms with Crippen LogP contribution in [0.5, 0.6) is 0 Å². The Bertz CT molecular complexity index is 278. The molecule has 0 aromatic rings. The molecule has 7 atom stereocenters. The molecular formula is C11H21NO6. The van der Waals surface area contributed by atoms with E-state index >= 15 is 0 Å². The van der Waals surface area contributed by atoms with Crippen molar-refractivity contribution in [2.24, 2.45) is 5.73 Å². The van der Waals surface area contributed by atoms with Crippen LogP contribution in [-0.2, 0) is 9.47 Å². The second-order valence-corrected chi connectivity index (χ2v) is 5.01. The Morgan fingerprint density at radius 1 is 1.17 bits per heavy atom. The molecule has 1 aliphatic carbocycles. The SMILES string of the molecule is N[C@@H]1C[C@@H](O[C@H]2O[C@H](CO)[C@@H](O)[C@@H]2O)CC[C@H]1O. The highest BCUT2D eigenvalue weighted by atomic mass is 16.7. The molecule has 6 N–H and O–H groups in total. The van der Waals surface area contributed by atoms with Crippen LogP contribution in [0.4, 0.5) is 0 Å². The summed E-state index contributed by atoms with van der Waals surface area (Å²) < 4.78 is 10.8. The lowest BCUT2D eigenvalue weighted by atomic mass is 9.91. The zero-order valence-electron chi connectivity index (χ0n) is 10.1. The molecule has 0 radical (unpaired) electrons. The zero-order chi connectivity index (χ0) is 13.3. The van der Waals surface area contributed by atoms with E-state index in [0.29, 0.717) is 19.3 Å². The molecule has 0 unspecified atom stereocenters. The number of hydrogen-bond acceptors (Lipinski definition) is 7. The smallest absolute Gasteiger partial charge is 0.186 e.